The van der Waals surface area contributed by atoms with Gasteiger partial charge in [-0.2, -0.15) is 0 Å². The van der Waals surface area contributed by atoms with Gasteiger partial charge >= 0.3 is 0 Å². The van der Waals surface area contributed by atoms with Crippen LogP contribution in [-0.2, 0) is 16.0 Å². The molecule has 2 bridgehead atoms. The molecule has 3 nitrogen and oxygen atoms in total. The molecule has 0 spiro atoms. The van der Waals surface area contributed by atoms with E-state index in [1.165, 1.54) is 29.7 Å². The van der Waals surface area contributed by atoms with Crippen LogP contribution in [0.25, 0.3) is 0 Å². The van der Waals surface area contributed by atoms with Crippen molar-refractivity contribution < 1.29 is 9.59 Å². The maximum Gasteiger partial charge on any atom is 0.237 e. The molecule has 2 aliphatic carbocycles. The molecule has 2 fully saturated rings. The van der Waals surface area contributed by atoms with Crippen LogP contribution in [0.3, 0.4) is 0 Å². The number of carbonyl (C=O) groups is 2. The molecule has 2 amide bonds. The van der Waals surface area contributed by atoms with Gasteiger partial charge in [0.05, 0.1) is 5.69 Å². The number of rotatable bonds is 4. The molecule has 1 saturated carbocycles. The molecule has 4 rings (SSSR count). The molecular formula is C21H25NO2. The number of hydrogen-bond donors (Lipinski definition) is 0. The van der Waals surface area contributed by atoms with Crippen molar-refractivity contribution in [3.63, 3.8) is 0 Å². The van der Waals surface area contributed by atoms with Crippen LogP contribution in [-0.4, -0.2) is 11.8 Å². The summed E-state index contributed by atoms with van der Waals surface area (Å²) in [6.45, 7) is 3.67. The number of anilines is 1. The van der Waals surface area contributed by atoms with Crippen molar-refractivity contribution in [2.24, 2.45) is 29.6 Å². The molecule has 3 aliphatic rings. The van der Waals surface area contributed by atoms with Gasteiger partial charge in [-0.15, -0.1) is 0 Å². The highest BCUT2D eigenvalue weighted by atomic mass is 16.2. The number of nitrogens with zero attached hydrogens (tertiary/aromatic N) is 1. The fourth-order valence-corrected chi connectivity index (χ4v) is 4.59. The predicted molar refractivity (Wildman–Crippen MR) is 94.4 cm³/mol. The second-order valence-electron chi connectivity index (χ2n) is 7.83. The Morgan fingerprint density at radius 3 is 2.17 bits per heavy atom. The molecule has 5 atom stereocenters. The van der Waals surface area contributed by atoms with Gasteiger partial charge in [-0.1, -0.05) is 38.1 Å². The van der Waals surface area contributed by atoms with Crippen molar-refractivity contribution in [1.29, 1.82) is 0 Å². The van der Waals surface area contributed by atoms with Crippen LogP contribution >= 0.6 is 0 Å². The lowest BCUT2D eigenvalue weighted by Crippen LogP contribution is -2.30. The minimum absolute atomic E-state index is 0.0750. The van der Waals surface area contributed by atoms with Crippen molar-refractivity contribution in [1.82, 2.24) is 0 Å². The van der Waals surface area contributed by atoms with Crippen LogP contribution in [0.1, 0.15) is 38.7 Å². The van der Waals surface area contributed by atoms with Gasteiger partial charge in [-0.05, 0) is 61.1 Å². The maximum absolute atomic E-state index is 12.3. The Morgan fingerprint density at radius 2 is 1.62 bits per heavy atom. The lowest BCUT2D eigenvalue weighted by Gasteiger charge is -2.18. The molecule has 24 heavy (non-hydrogen) atoms. The standard InChI is InChI=1S/C21H25NO2/c1-13-14(2)21(24)22(20(13)23)19-9-5-15(6-10-19)3-7-17-11-16-4-8-18(17)12-16/h4-6,8-10,13-14,16-18H,3,7,11-12H2,1-2H3. The predicted octanol–water partition coefficient (Wildman–Crippen LogP) is 3.98. The van der Waals surface area contributed by atoms with Gasteiger partial charge in [0, 0.05) is 11.8 Å². The third kappa shape index (κ3) is 2.51. The summed E-state index contributed by atoms with van der Waals surface area (Å²) in [6, 6.07) is 8.01. The van der Waals surface area contributed by atoms with Crippen molar-refractivity contribution >= 4 is 17.5 Å². The largest absolute Gasteiger partial charge is 0.274 e. The van der Waals surface area contributed by atoms with Crippen molar-refractivity contribution in [2.75, 3.05) is 4.90 Å². The smallest absolute Gasteiger partial charge is 0.237 e. The topological polar surface area (TPSA) is 37.4 Å². The average Bonchev–Trinajstić information content (AvgIpc) is 3.26. The number of hydrogen-bond acceptors (Lipinski definition) is 2. The second kappa shape index (κ2) is 5.87. The summed E-state index contributed by atoms with van der Waals surface area (Å²) in [5.41, 5.74) is 2.01. The van der Waals surface area contributed by atoms with E-state index in [-0.39, 0.29) is 23.7 Å². The first-order valence-corrected chi connectivity index (χ1v) is 9.19. The SMILES string of the molecule is CC1C(=O)N(c2ccc(CCC3CC4C=CC3C4)cc2)C(=O)C1C. The minimum Gasteiger partial charge on any atom is -0.274 e. The van der Waals surface area contributed by atoms with E-state index in [0.29, 0.717) is 5.69 Å². The molecule has 0 aromatic heterocycles. The van der Waals surface area contributed by atoms with E-state index in [4.69, 9.17) is 0 Å². The van der Waals surface area contributed by atoms with Crippen molar-refractivity contribution in [3.8, 4) is 0 Å². The third-order valence-electron chi connectivity index (χ3n) is 6.38. The summed E-state index contributed by atoms with van der Waals surface area (Å²) in [6.07, 6.45) is 9.83. The quantitative estimate of drug-likeness (QED) is 0.621. The lowest BCUT2D eigenvalue weighted by atomic mass is 9.88. The molecule has 3 heteroatoms. The van der Waals surface area contributed by atoms with Gasteiger partial charge in [0.2, 0.25) is 11.8 Å². The molecule has 126 valence electrons. The number of amides is 2. The Bertz CT molecular complexity index is 670. The number of allylic oxidation sites excluding steroid dienone is 2. The van der Waals surface area contributed by atoms with E-state index < -0.39 is 0 Å². The van der Waals surface area contributed by atoms with E-state index in [9.17, 15) is 9.59 Å². The Morgan fingerprint density at radius 1 is 0.958 bits per heavy atom. The minimum atomic E-state index is -0.219. The molecular weight excluding hydrogens is 298 g/mol. The highest BCUT2D eigenvalue weighted by Crippen LogP contribution is 2.45. The fourth-order valence-electron chi connectivity index (χ4n) is 4.59. The molecule has 5 unspecified atom stereocenters. The molecule has 1 saturated heterocycles. The molecule has 0 N–H and O–H groups in total. The number of imide groups is 1. The second-order valence-corrected chi connectivity index (χ2v) is 7.83. The summed E-state index contributed by atoms with van der Waals surface area (Å²) >= 11 is 0. The number of carbonyl (C=O) groups excluding carboxylic acids is 2. The summed E-state index contributed by atoms with van der Waals surface area (Å²) in [5.74, 6) is 1.88. The van der Waals surface area contributed by atoms with Gasteiger partial charge in [0.25, 0.3) is 0 Å². The Balaban J connectivity index is 1.41. The summed E-state index contributed by atoms with van der Waals surface area (Å²) in [7, 11) is 0. The summed E-state index contributed by atoms with van der Waals surface area (Å²) in [4.78, 5) is 25.9. The number of fused-ring (bicyclic) bond motifs is 2. The van der Waals surface area contributed by atoms with Gasteiger partial charge in [-0.25, -0.2) is 0 Å². The molecule has 1 heterocycles. The first-order valence-electron chi connectivity index (χ1n) is 9.19. The highest BCUT2D eigenvalue weighted by molar-refractivity contribution is 6.21. The third-order valence-corrected chi connectivity index (χ3v) is 6.38. The van der Waals surface area contributed by atoms with Gasteiger partial charge in [-0.3, -0.25) is 14.5 Å². The summed E-state index contributed by atoms with van der Waals surface area (Å²) < 4.78 is 0. The Kier molecular flexibility index (Phi) is 3.82. The van der Waals surface area contributed by atoms with Crippen LogP contribution in [0.4, 0.5) is 5.69 Å². The zero-order valence-corrected chi connectivity index (χ0v) is 14.4. The summed E-state index contributed by atoms with van der Waals surface area (Å²) in [5, 5.41) is 0. The molecule has 1 aromatic carbocycles. The normalized spacial score (nSPS) is 34.6. The van der Waals surface area contributed by atoms with Crippen LogP contribution in [0, 0.1) is 29.6 Å². The van der Waals surface area contributed by atoms with Crippen molar-refractivity contribution in [2.45, 2.75) is 39.5 Å². The highest BCUT2D eigenvalue weighted by Gasteiger charge is 2.43. The lowest BCUT2D eigenvalue weighted by molar-refractivity contribution is -0.122. The molecule has 1 aromatic rings. The van der Waals surface area contributed by atoms with Gasteiger partial charge < -0.3 is 0 Å². The van der Waals surface area contributed by atoms with E-state index in [1.54, 1.807) is 0 Å². The van der Waals surface area contributed by atoms with Crippen LogP contribution in [0.5, 0.6) is 0 Å². The molecule has 1 aliphatic heterocycles. The van der Waals surface area contributed by atoms with Crippen LogP contribution in [0.2, 0.25) is 0 Å². The number of aryl methyl sites for hydroxylation is 1. The fraction of sp³-hybridized carbons (Fsp3) is 0.524. The van der Waals surface area contributed by atoms with E-state index in [0.717, 1.165) is 24.2 Å². The van der Waals surface area contributed by atoms with Gasteiger partial charge in [0.15, 0.2) is 0 Å². The van der Waals surface area contributed by atoms with Crippen LogP contribution < -0.4 is 4.90 Å². The average molecular weight is 323 g/mol. The monoisotopic (exact) mass is 323 g/mol. The van der Waals surface area contributed by atoms with E-state index in [1.807, 2.05) is 26.0 Å². The zero-order chi connectivity index (χ0) is 16.8. The zero-order valence-electron chi connectivity index (χ0n) is 14.4. The maximum atomic E-state index is 12.3. The van der Waals surface area contributed by atoms with Gasteiger partial charge in [0.1, 0.15) is 0 Å². The first-order chi connectivity index (χ1) is 11.5. The van der Waals surface area contributed by atoms with E-state index >= 15 is 0 Å². The number of benzene rings is 1. The molecule has 0 radical (unpaired) electrons. The Labute approximate surface area is 143 Å². The van der Waals surface area contributed by atoms with E-state index in [2.05, 4.69) is 24.3 Å². The Hall–Kier alpha value is -1.90. The first kappa shape index (κ1) is 15.6. The van der Waals surface area contributed by atoms with Crippen molar-refractivity contribution in [3.05, 3.63) is 42.0 Å². The van der Waals surface area contributed by atoms with Crippen LogP contribution in [0.15, 0.2) is 36.4 Å².